The summed E-state index contributed by atoms with van der Waals surface area (Å²) in [6.45, 7) is 0. The van der Waals surface area contributed by atoms with Gasteiger partial charge in [0.1, 0.15) is 0 Å². The van der Waals surface area contributed by atoms with Crippen molar-refractivity contribution in [3.8, 4) is 0 Å². The van der Waals surface area contributed by atoms with E-state index in [0.29, 0.717) is 0 Å². The zero-order chi connectivity index (χ0) is 19.9. The summed E-state index contributed by atoms with van der Waals surface area (Å²) in [5.41, 5.74) is 0. The first-order valence-electron chi connectivity index (χ1n) is 8.11. The molecule has 0 atom stereocenters. The van der Waals surface area contributed by atoms with Crippen molar-refractivity contribution in [1.29, 1.82) is 0 Å². The van der Waals surface area contributed by atoms with Crippen LogP contribution in [0.5, 0.6) is 0 Å². The molecule has 0 amide bonds. The first-order chi connectivity index (χ1) is 12.2. The van der Waals surface area contributed by atoms with Gasteiger partial charge in [-0.05, 0) is 25.7 Å². The third-order valence-corrected chi connectivity index (χ3v) is 3.03. The number of unbranched alkanes of at least 4 members (excludes halogenated alkanes) is 2. The van der Waals surface area contributed by atoms with Crippen LogP contribution in [0.25, 0.3) is 0 Å². The second-order valence-electron chi connectivity index (χ2n) is 5.39. The topological polar surface area (TPSA) is 161 Å². The van der Waals surface area contributed by atoms with E-state index in [2.05, 4.69) is 9.47 Å². The van der Waals surface area contributed by atoms with Gasteiger partial charge in [0.05, 0.1) is 12.8 Å². The summed E-state index contributed by atoms with van der Waals surface area (Å²) >= 11 is 0. The Morgan fingerprint density at radius 1 is 0.462 bits per heavy atom. The Hall–Kier alpha value is -2.78. The van der Waals surface area contributed by atoms with Gasteiger partial charge >= 0.3 is 35.8 Å². The summed E-state index contributed by atoms with van der Waals surface area (Å²) in [7, 11) is 0. The molecule has 0 heterocycles. The van der Waals surface area contributed by atoms with E-state index in [1.54, 1.807) is 0 Å². The minimum absolute atomic E-state index is 0.0859. The van der Waals surface area contributed by atoms with E-state index in [0.717, 1.165) is 0 Å². The van der Waals surface area contributed by atoms with Gasteiger partial charge in [0.2, 0.25) is 0 Å². The van der Waals surface area contributed by atoms with Gasteiger partial charge in [0, 0.05) is 25.7 Å². The summed E-state index contributed by atoms with van der Waals surface area (Å²) in [6.07, 6.45) is -0.198. The molecule has 10 nitrogen and oxygen atoms in total. The van der Waals surface area contributed by atoms with Crippen molar-refractivity contribution >= 4 is 35.8 Å². The Labute approximate surface area is 149 Å². The van der Waals surface area contributed by atoms with Gasteiger partial charge in [0.15, 0.2) is 0 Å². The van der Waals surface area contributed by atoms with Gasteiger partial charge in [-0.1, -0.05) is 0 Å². The maximum absolute atomic E-state index is 11.4. The maximum Gasteiger partial charge on any atom is 0.314 e. The molecule has 146 valence electrons. The Morgan fingerprint density at radius 3 is 1.04 bits per heavy atom. The molecule has 0 aliphatic rings. The number of carboxylic acid groups (broad SMARTS) is 2. The fourth-order valence-corrected chi connectivity index (χ4v) is 1.75. The van der Waals surface area contributed by atoms with Crippen LogP contribution >= 0.6 is 0 Å². The van der Waals surface area contributed by atoms with Gasteiger partial charge < -0.3 is 19.7 Å². The molecule has 0 aliphatic carbocycles. The van der Waals surface area contributed by atoms with E-state index in [1.165, 1.54) is 0 Å². The quantitative estimate of drug-likeness (QED) is 0.272. The molecule has 10 heteroatoms. The lowest BCUT2D eigenvalue weighted by Crippen LogP contribution is -2.16. The Morgan fingerprint density at radius 2 is 0.731 bits per heavy atom. The summed E-state index contributed by atoms with van der Waals surface area (Å²) < 4.78 is 8.88. The minimum Gasteiger partial charge on any atom is -0.481 e. The number of aliphatic carboxylic acids is 2. The van der Waals surface area contributed by atoms with Crippen LogP contribution in [0, 0.1) is 0 Å². The van der Waals surface area contributed by atoms with Crippen LogP contribution in [0.2, 0.25) is 0 Å². The smallest absolute Gasteiger partial charge is 0.314 e. The van der Waals surface area contributed by atoms with Gasteiger partial charge in [-0.15, -0.1) is 0 Å². The Balaban J connectivity index is 3.81. The number of carbonyl (C=O) groups excluding carboxylic acids is 4. The molecule has 26 heavy (non-hydrogen) atoms. The molecule has 0 radical (unpaired) electrons. The number of ether oxygens (including phenoxy) is 2. The standard InChI is InChI=1S/C16H22O10/c17-11(18)5-1-3-7-13(21)25-15(23)9-10-16(24)26-14(22)8-4-2-6-12(19)20/h1-10H2,(H,17,18)(H,19,20). The lowest BCUT2D eigenvalue weighted by molar-refractivity contribution is -0.165. The van der Waals surface area contributed by atoms with Crippen LogP contribution in [0.15, 0.2) is 0 Å². The molecule has 2 N–H and O–H groups in total. The van der Waals surface area contributed by atoms with Gasteiger partial charge in [-0.3, -0.25) is 28.8 Å². The first kappa shape index (κ1) is 23.2. The second kappa shape index (κ2) is 13.5. The van der Waals surface area contributed by atoms with Gasteiger partial charge in [-0.2, -0.15) is 0 Å². The normalized spacial score (nSPS) is 10.0. The molecular formula is C16H22O10. The Bertz CT molecular complexity index is 489. The minimum atomic E-state index is -0.982. The average Bonchev–Trinajstić information content (AvgIpc) is 2.53. The third kappa shape index (κ3) is 14.8. The zero-order valence-electron chi connectivity index (χ0n) is 14.2. The highest BCUT2D eigenvalue weighted by Crippen LogP contribution is 2.05. The van der Waals surface area contributed by atoms with Crippen LogP contribution in [0.1, 0.15) is 64.2 Å². The number of carboxylic acids is 2. The van der Waals surface area contributed by atoms with Crippen molar-refractivity contribution in [3.63, 3.8) is 0 Å². The van der Waals surface area contributed by atoms with E-state index in [4.69, 9.17) is 10.2 Å². The van der Waals surface area contributed by atoms with E-state index < -0.39 is 48.7 Å². The van der Waals surface area contributed by atoms with Gasteiger partial charge in [0.25, 0.3) is 0 Å². The molecule has 0 saturated heterocycles. The molecule has 0 aromatic rings. The Kier molecular flexibility index (Phi) is 12.1. The fraction of sp³-hybridized carbons (Fsp3) is 0.625. The number of hydrogen-bond donors (Lipinski definition) is 2. The summed E-state index contributed by atoms with van der Waals surface area (Å²) in [5, 5.41) is 16.9. The number of carbonyl (C=O) groups is 6. The van der Waals surface area contributed by atoms with Crippen molar-refractivity contribution in [3.05, 3.63) is 0 Å². The van der Waals surface area contributed by atoms with E-state index in [1.807, 2.05) is 0 Å². The van der Waals surface area contributed by atoms with E-state index in [-0.39, 0.29) is 51.4 Å². The van der Waals surface area contributed by atoms with Crippen LogP contribution < -0.4 is 0 Å². The van der Waals surface area contributed by atoms with Crippen molar-refractivity contribution in [2.45, 2.75) is 64.2 Å². The predicted octanol–water partition coefficient (Wildman–Crippen LogP) is 1.20. The van der Waals surface area contributed by atoms with Crippen molar-refractivity contribution < 1.29 is 48.5 Å². The van der Waals surface area contributed by atoms with E-state index >= 15 is 0 Å². The predicted molar refractivity (Wildman–Crippen MR) is 83.6 cm³/mol. The summed E-state index contributed by atoms with van der Waals surface area (Å²) in [4.78, 5) is 65.9. The molecular weight excluding hydrogens is 352 g/mol. The number of hydrogen-bond acceptors (Lipinski definition) is 8. The lowest BCUT2D eigenvalue weighted by atomic mass is 10.2. The monoisotopic (exact) mass is 374 g/mol. The molecule has 0 unspecified atom stereocenters. The zero-order valence-corrected chi connectivity index (χ0v) is 14.2. The first-order valence-corrected chi connectivity index (χ1v) is 8.11. The summed E-state index contributed by atoms with van der Waals surface area (Å²) in [5.74, 6) is -5.49. The molecule has 0 fully saturated rings. The molecule has 0 aromatic heterocycles. The van der Waals surface area contributed by atoms with E-state index in [9.17, 15) is 28.8 Å². The lowest BCUT2D eigenvalue weighted by Gasteiger charge is -2.04. The highest BCUT2D eigenvalue weighted by Gasteiger charge is 2.15. The number of esters is 4. The third-order valence-electron chi connectivity index (χ3n) is 3.03. The molecule has 0 rings (SSSR count). The molecule has 0 aromatic carbocycles. The van der Waals surface area contributed by atoms with Crippen molar-refractivity contribution in [1.82, 2.24) is 0 Å². The average molecular weight is 374 g/mol. The van der Waals surface area contributed by atoms with Crippen LogP contribution in [-0.4, -0.2) is 46.0 Å². The van der Waals surface area contributed by atoms with Crippen LogP contribution in [0.4, 0.5) is 0 Å². The largest absolute Gasteiger partial charge is 0.481 e. The fourth-order valence-electron chi connectivity index (χ4n) is 1.75. The highest BCUT2D eigenvalue weighted by atomic mass is 16.6. The van der Waals surface area contributed by atoms with Crippen molar-refractivity contribution in [2.24, 2.45) is 0 Å². The second-order valence-corrected chi connectivity index (χ2v) is 5.39. The number of rotatable bonds is 13. The molecule has 0 saturated carbocycles. The van der Waals surface area contributed by atoms with Crippen LogP contribution in [0.3, 0.4) is 0 Å². The van der Waals surface area contributed by atoms with Crippen LogP contribution in [-0.2, 0) is 38.2 Å². The highest BCUT2D eigenvalue weighted by molar-refractivity contribution is 5.89. The van der Waals surface area contributed by atoms with Gasteiger partial charge in [-0.25, -0.2) is 0 Å². The summed E-state index contributed by atoms with van der Waals surface area (Å²) in [6, 6.07) is 0. The molecule has 0 spiro atoms. The molecule has 0 bridgehead atoms. The van der Waals surface area contributed by atoms with Crippen molar-refractivity contribution in [2.75, 3.05) is 0 Å². The SMILES string of the molecule is O=C(O)CCCCC(=O)OC(=O)CCC(=O)OC(=O)CCCCC(=O)O. The maximum atomic E-state index is 11.4. The molecule has 0 aliphatic heterocycles.